The van der Waals surface area contributed by atoms with Gasteiger partial charge in [0.25, 0.3) is 0 Å². The normalized spacial score (nSPS) is 11.1. The van der Waals surface area contributed by atoms with E-state index in [1.807, 2.05) is 6.08 Å². The van der Waals surface area contributed by atoms with Gasteiger partial charge >= 0.3 is 5.97 Å². The number of allylic oxidation sites excluding steroid dienone is 1. The van der Waals surface area contributed by atoms with Crippen molar-refractivity contribution in [3.05, 3.63) is 42.0 Å². The predicted octanol–water partition coefficient (Wildman–Crippen LogP) is 6.42. The van der Waals surface area contributed by atoms with Crippen LogP contribution in [0.15, 0.2) is 36.4 Å². The smallest absolute Gasteiger partial charge is 0.338 e. The predicted molar refractivity (Wildman–Crippen MR) is 104 cm³/mol. The van der Waals surface area contributed by atoms with Crippen LogP contribution in [0, 0.1) is 0 Å². The molecule has 0 aliphatic rings. The summed E-state index contributed by atoms with van der Waals surface area (Å²) >= 11 is 0. The Labute approximate surface area is 153 Å². The van der Waals surface area contributed by atoms with Gasteiger partial charge in [0.15, 0.2) is 0 Å². The maximum absolute atomic E-state index is 11.7. The summed E-state index contributed by atoms with van der Waals surface area (Å²) in [6.45, 7) is 2.56. The SMILES string of the molecule is CCCCCCCCCCCC/C=C/COC(=O)c1ccc(O)cc1. The highest BCUT2D eigenvalue weighted by Gasteiger charge is 2.05. The lowest BCUT2D eigenvalue weighted by Gasteiger charge is -2.02. The van der Waals surface area contributed by atoms with Crippen LogP contribution < -0.4 is 0 Å². The molecule has 3 nitrogen and oxygen atoms in total. The van der Waals surface area contributed by atoms with E-state index in [2.05, 4.69) is 13.0 Å². The zero-order valence-corrected chi connectivity index (χ0v) is 15.7. The van der Waals surface area contributed by atoms with Crippen LogP contribution in [-0.2, 0) is 4.74 Å². The number of rotatable bonds is 14. The van der Waals surface area contributed by atoms with Crippen LogP contribution in [0.1, 0.15) is 87.9 Å². The molecule has 1 rings (SSSR count). The van der Waals surface area contributed by atoms with Gasteiger partial charge in [-0.25, -0.2) is 4.79 Å². The van der Waals surface area contributed by atoms with E-state index in [-0.39, 0.29) is 11.7 Å². The van der Waals surface area contributed by atoms with Gasteiger partial charge in [-0.05, 0) is 37.1 Å². The number of carbonyl (C=O) groups excluding carboxylic acids is 1. The molecule has 1 aromatic rings. The van der Waals surface area contributed by atoms with Crippen molar-refractivity contribution in [2.45, 2.75) is 77.6 Å². The number of hydrogen-bond donors (Lipinski definition) is 1. The standard InChI is InChI=1S/C22H34O3/c1-2-3-4-5-6-7-8-9-10-11-12-13-14-19-25-22(24)20-15-17-21(23)18-16-20/h13-18,23H,2-12,19H2,1H3/b14-13+. The number of benzene rings is 1. The highest BCUT2D eigenvalue weighted by molar-refractivity contribution is 5.89. The second-order valence-corrected chi connectivity index (χ2v) is 6.59. The monoisotopic (exact) mass is 346 g/mol. The first kappa shape index (κ1) is 21.3. The number of ether oxygens (including phenoxy) is 1. The summed E-state index contributed by atoms with van der Waals surface area (Å²) < 4.78 is 5.16. The third-order valence-corrected chi connectivity index (χ3v) is 4.30. The van der Waals surface area contributed by atoms with Crippen LogP contribution in [0.3, 0.4) is 0 Å². The zero-order chi connectivity index (χ0) is 18.2. The first-order chi connectivity index (χ1) is 12.2. The fourth-order valence-corrected chi connectivity index (χ4v) is 2.74. The maximum atomic E-state index is 11.7. The maximum Gasteiger partial charge on any atom is 0.338 e. The van der Waals surface area contributed by atoms with Crippen molar-refractivity contribution in [3.8, 4) is 5.75 Å². The molecular formula is C22H34O3. The second-order valence-electron chi connectivity index (χ2n) is 6.59. The van der Waals surface area contributed by atoms with E-state index in [4.69, 9.17) is 4.74 Å². The van der Waals surface area contributed by atoms with Gasteiger partial charge < -0.3 is 9.84 Å². The Hall–Kier alpha value is -1.77. The summed E-state index contributed by atoms with van der Waals surface area (Å²) in [7, 11) is 0. The number of esters is 1. The highest BCUT2D eigenvalue weighted by Crippen LogP contribution is 2.12. The van der Waals surface area contributed by atoms with Crippen LogP contribution in [-0.4, -0.2) is 17.7 Å². The molecule has 3 heteroatoms. The molecule has 0 saturated carbocycles. The molecule has 1 aromatic carbocycles. The molecule has 0 saturated heterocycles. The Morgan fingerprint density at radius 2 is 1.44 bits per heavy atom. The molecule has 1 N–H and O–H groups in total. The summed E-state index contributed by atoms with van der Waals surface area (Å²) in [5, 5.41) is 9.18. The van der Waals surface area contributed by atoms with Crippen molar-refractivity contribution in [2.24, 2.45) is 0 Å². The average Bonchev–Trinajstić information content (AvgIpc) is 2.62. The molecule has 0 spiro atoms. The average molecular weight is 347 g/mol. The molecule has 0 aliphatic carbocycles. The third kappa shape index (κ3) is 11.4. The van der Waals surface area contributed by atoms with E-state index in [9.17, 15) is 9.90 Å². The fraction of sp³-hybridized carbons (Fsp3) is 0.591. The van der Waals surface area contributed by atoms with Crippen molar-refractivity contribution in [1.29, 1.82) is 0 Å². The summed E-state index contributed by atoms with van der Waals surface area (Å²) in [4.78, 5) is 11.7. The van der Waals surface area contributed by atoms with Crippen LogP contribution >= 0.6 is 0 Å². The number of hydrogen-bond acceptors (Lipinski definition) is 3. The van der Waals surface area contributed by atoms with E-state index < -0.39 is 0 Å². The van der Waals surface area contributed by atoms with Crippen molar-refractivity contribution in [2.75, 3.05) is 6.61 Å². The molecule has 0 aliphatic heterocycles. The summed E-state index contributed by atoms with van der Waals surface area (Å²) in [6.07, 6.45) is 18.5. The Bertz CT molecular complexity index is 477. The Morgan fingerprint density at radius 3 is 2.04 bits per heavy atom. The summed E-state index contributed by atoms with van der Waals surface area (Å²) in [5.41, 5.74) is 0.459. The van der Waals surface area contributed by atoms with Crippen LogP contribution in [0.5, 0.6) is 5.75 Å². The highest BCUT2D eigenvalue weighted by atomic mass is 16.5. The zero-order valence-electron chi connectivity index (χ0n) is 15.7. The topological polar surface area (TPSA) is 46.5 Å². The molecule has 0 radical (unpaired) electrons. The summed E-state index contributed by atoms with van der Waals surface area (Å²) in [6, 6.07) is 6.09. The third-order valence-electron chi connectivity index (χ3n) is 4.30. The minimum absolute atomic E-state index is 0.146. The van der Waals surface area contributed by atoms with Gasteiger partial charge in [-0.2, -0.15) is 0 Å². The molecular weight excluding hydrogens is 312 g/mol. The van der Waals surface area contributed by atoms with E-state index in [1.54, 1.807) is 12.1 Å². The molecule has 140 valence electrons. The van der Waals surface area contributed by atoms with E-state index in [0.717, 1.165) is 6.42 Å². The number of unbranched alkanes of at least 4 members (excludes halogenated alkanes) is 10. The van der Waals surface area contributed by atoms with Crippen molar-refractivity contribution in [3.63, 3.8) is 0 Å². The minimum Gasteiger partial charge on any atom is -0.508 e. The first-order valence-electron chi connectivity index (χ1n) is 9.85. The van der Waals surface area contributed by atoms with Crippen LogP contribution in [0.4, 0.5) is 0 Å². The van der Waals surface area contributed by atoms with Crippen molar-refractivity contribution in [1.82, 2.24) is 0 Å². The second kappa shape index (κ2) is 14.6. The lowest BCUT2D eigenvalue weighted by molar-refractivity contribution is 0.0549. The molecule has 0 bridgehead atoms. The number of phenolic OH excluding ortho intramolecular Hbond substituents is 1. The van der Waals surface area contributed by atoms with Gasteiger partial charge in [-0.3, -0.25) is 0 Å². The Kier molecular flexibility index (Phi) is 12.4. The van der Waals surface area contributed by atoms with Gasteiger partial charge in [-0.15, -0.1) is 0 Å². The van der Waals surface area contributed by atoms with Gasteiger partial charge in [-0.1, -0.05) is 76.9 Å². The quantitative estimate of drug-likeness (QED) is 0.240. The molecule has 0 aromatic heterocycles. The summed E-state index contributed by atoms with van der Waals surface area (Å²) in [5.74, 6) is -0.212. The van der Waals surface area contributed by atoms with Gasteiger partial charge in [0.1, 0.15) is 12.4 Å². The van der Waals surface area contributed by atoms with Crippen molar-refractivity contribution >= 4 is 5.97 Å². The molecule has 0 unspecified atom stereocenters. The Morgan fingerprint density at radius 1 is 0.880 bits per heavy atom. The van der Waals surface area contributed by atoms with Gasteiger partial charge in [0.05, 0.1) is 5.56 Å². The van der Waals surface area contributed by atoms with Crippen LogP contribution in [0.2, 0.25) is 0 Å². The lowest BCUT2D eigenvalue weighted by Crippen LogP contribution is -2.04. The molecule has 0 fully saturated rings. The van der Waals surface area contributed by atoms with E-state index >= 15 is 0 Å². The molecule has 25 heavy (non-hydrogen) atoms. The lowest BCUT2D eigenvalue weighted by atomic mass is 10.1. The molecule has 0 heterocycles. The Balaban J connectivity index is 1.91. The number of carbonyl (C=O) groups is 1. The van der Waals surface area contributed by atoms with E-state index in [0.29, 0.717) is 12.2 Å². The number of aromatic hydroxyl groups is 1. The minimum atomic E-state index is -0.358. The fourth-order valence-electron chi connectivity index (χ4n) is 2.74. The molecule has 0 amide bonds. The largest absolute Gasteiger partial charge is 0.508 e. The van der Waals surface area contributed by atoms with Crippen LogP contribution in [0.25, 0.3) is 0 Å². The van der Waals surface area contributed by atoms with Crippen molar-refractivity contribution < 1.29 is 14.6 Å². The first-order valence-corrected chi connectivity index (χ1v) is 9.85. The van der Waals surface area contributed by atoms with Gasteiger partial charge in [0, 0.05) is 0 Å². The van der Waals surface area contributed by atoms with E-state index in [1.165, 1.54) is 76.3 Å². The van der Waals surface area contributed by atoms with Gasteiger partial charge in [0.2, 0.25) is 0 Å². The molecule has 0 atom stereocenters. The number of phenols is 1.